The Labute approximate surface area is 246 Å². The molecule has 0 aliphatic carbocycles. The average molecular weight is 588 g/mol. The molecule has 0 fully saturated rings. The van der Waals surface area contributed by atoms with Crippen molar-refractivity contribution in [3.63, 3.8) is 0 Å². The monoisotopic (exact) mass is 587 g/mol. The lowest BCUT2D eigenvalue weighted by atomic mass is 10.1. The highest BCUT2D eigenvalue weighted by Crippen LogP contribution is 2.31. The summed E-state index contributed by atoms with van der Waals surface area (Å²) < 4.78 is 7.25. The molecule has 1 atom stereocenters. The number of fused-ring (bicyclic) bond motifs is 1. The first kappa shape index (κ1) is 28.1. The Balaban J connectivity index is 1.51. The second-order valence-corrected chi connectivity index (χ2v) is 10.6. The zero-order valence-corrected chi connectivity index (χ0v) is 24.1. The topological polar surface area (TPSA) is 112 Å². The fourth-order valence-corrected chi connectivity index (χ4v) is 5.04. The number of halogens is 2. The first-order valence-corrected chi connectivity index (χ1v) is 13.7. The number of carbonyl (C=O) groups is 1. The number of amides is 1. The number of hydrogen-bond acceptors (Lipinski definition) is 6. The largest absolute Gasteiger partial charge is 0.489 e. The number of pyridine rings is 1. The summed E-state index contributed by atoms with van der Waals surface area (Å²) in [7, 11) is 0. The van der Waals surface area contributed by atoms with E-state index in [1.165, 1.54) is 6.20 Å². The minimum absolute atomic E-state index is 0.0324. The van der Waals surface area contributed by atoms with Gasteiger partial charge in [-0.3, -0.25) is 14.2 Å². The van der Waals surface area contributed by atoms with Gasteiger partial charge >= 0.3 is 0 Å². The van der Waals surface area contributed by atoms with Gasteiger partial charge in [0.05, 0.1) is 39.5 Å². The van der Waals surface area contributed by atoms with E-state index in [9.17, 15) is 9.59 Å². The van der Waals surface area contributed by atoms with Crippen molar-refractivity contribution in [3.8, 4) is 22.7 Å². The van der Waals surface area contributed by atoms with Gasteiger partial charge < -0.3 is 15.8 Å². The Morgan fingerprint density at radius 1 is 0.976 bits per heavy atom. The van der Waals surface area contributed by atoms with E-state index in [4.69, 9.17) is 33.7 Å². The number of rotatable bonds is 7. The molecule has 0 saturated heterocycles. The van der Waals surface area contributed by atoms with Gasteiger partial charge in [-0.25, -0.2) is 9.97 Å². The van der Waals surface area contributed by atoms with Crippen molar-refractivity contribution >= 4 is 45.7 Å². The number of nitrogens with two attached hydrogens (primary N) is 1. The summed E-state index contributed by atoms with van der Waals surface area (Å²) in [4.78, 5) is 35.9. The molecule has 0 spiro atoms. The standard InChI is InChI=1S/C31H27Cl2N5O3/c1-17(2)41-26-13-12-19(14-23(26)33)24-16-35-29(34)28(37-24)30(39)36-18(3)25-15-20-8-7-11-22(32)27(20)31(40)38(25)21-9-5-4-6-10-21/h4-18H,1-3H3,(H2,34,35)(H,36,39)/t18-/m0/s1. The molecule has 208 valence electrons. The Morgan fingerprint density at radius 3 is 2.44 bits per heavy atom. The lowest BCUT2D eigenvalue weighted by Gasteiger charge is -2.21. The molecule has 0 saturated carbocycles. The van der Waals surface area contributed by atoms with Crippen LogP contribution in [-0.4, -0.2) is 26.5 Å². The molecule has 1 amide bonds. The molecule has 0 bridgehead atoms. The van der Waals surface area contributed by atoms with Gasteiger partial charge in [0.15, 0.2) is 11.5 Å². The lowest BCUT2D eigenvalue weighted by Crippen LogP contribution is -2.33. The van der Waals surface area contributed by atoms with Crippen LogP contribution in [-0.2, 0) is 0 Å². The maximum atomic E-state index is 13.7. The van der Waals surface area contributed by atoms with Crippen LogP contribution in [0.2, 0.25) is 10.0 Å². The molecule has 0 unspecified atom stereocenters. The third-order valence-electron chi connectivity index (χ3n) is 6.44. The summed E-state index contributed by atoms with van der Waals surface area (Å²) in [6, 6.07) is 20.9. The zero-order valence-electron chi connectivity index (χ0n) is 22.6. The average Bonchev–Trinajstić information content (AvgIpc) is 2.94. The molecule has 0 aliphatic rings. The molecule has 5 aromatic rings. The highest BCUT2D eigenvalue weighted by atomic mass is 35.5. The second-order valence-electron chi connectivity index (χ2n) is 9.75. The normalized spacial score (nSPS) is 12.0. The van der Waals surface area contributed by atoms with Crippen molar-refractivity contribution in [1.82, 2.24) is 19.9 Å². The third kappa shape index (κ3) is 5.75. The Hall–Kier alpha value is -4.40. The van der Waals surface area contributed by atoms with Gasteiger partial charge in [0, 0.05) is 16.9 Å². The molecule has 5 rings (SSSR count). The Kier molecular flexibility index (Phi) is 7.97. The van der Waals surface area contributed by atoms with Gasteiger partial charge in [-0.1, -0.05) is 53.5 Å². The van der Waals surface area contributed by atoms with E-state index in [-0.39, 0.29) is 23.2 Å². The van der Waals surface area contributed by atoms with Crippen LogP contribution in [0.4, 0.5) is 5.82 Å². The van der Waals surface area contributed by atoms with Crippen LogP contribution in [0.1, 0.15) is 43.0 Å². The minimum atomic E-state index is -0.620. The molecule has 8 nitrogen and oxygen atoms in total. The number of benzene rings is 3. The maximum Gasteiger partial charge on any atom is 0.274 e. The summed E-state index contributed by atoms with van der Waals surface area (Å²) >= 11 is 12.8. The van der Waals surface area contributed by atoms with Gasteiger partial charge in [0.2, 0.25) is 0 Å². The van der Waals surface area contributed by atoms with Gasteiger partial charge in [-0.2, -0.15) is 0 Å². The van der Waals surface area contributed by atoms with Crippen molar-refractivity contribution < 1.29 is 9.53 Å². The Bertz CT molecular complexity index is 1820. The number of ether oxygens (including phenoxy) is 1. The quantitative estimate of drug-likeness (QED) is 0.221. The van der Waals surface area contributed by atoms with E-state index < -0.39 is 11.9 Å². The maximum absolute atomic E-state index is 13.7. The van der Waals surface area contributed by atoms with E-state index in [1.807, 2.05) is 56.3 Å². The lowest BCUT2D eigenvalue weighted by molar-refractivity contribution is 0.0934. The van der Waals surface area contributed by atoms with Crippen LogP contribution in [0.25, 0.3) is 27.7 Å². The predicted molar refractivity (Wildman–Crippen MR) is 163 cm³/mol. The fourth-order valence-electron chi connectivity index (χ4n) is 4.55. The molecule has 0 aliphatic heterocycles. The zero-order chi connectivity index (χ0) is 29.3. The summed E-state index contributed by atoms with van der Waals surface area (Å²) in [5, 5.41) is 4.74. The number of nitrogens with zero attached hydrogens (tertiary/aromatic N) is 3. The molecule has 41 heavy (non-hydrogen) atoms. The van der Waals surface area contributed by atoms with E-state index in [0.29, 0.717) is 49.2 Å². The van der Waals surface area contributed by atoms with Crippen molar-refractivity contribution in [2.75, 3.05) is 5.73 Å². The van der Waals surface area contributed by atoms with E-state index in [0.717, 1.165) is 0 Å². The SMILES string of the molecule is CC(C)Oc1ccc(-c2cnc(N)c(C(=O)N[C@@H](C)c3cc4cccc(Cl)c4c(=O)n3-c3ccccc3)n2)cc1Cl. The highest BCUT2D eigenvalue weighted by molar-refractivity contribution is 6.35. The van der Waals surface area contributed by atoms with Crippen LogP contribution in [0.3, 0.4) is 0 Å². The summed E-state index contributed by atoms with van der Waals surface area (Å²) in [5.41, 5.74) is 7.98. The van der Waals surface area contributed by atoms with Crippen LogP contribution < -0.4 is 21.3 Å². The van der Waals surface area contributed by atoms with Crippen LogP contribution in [0.5, 0.6) is 5.75 Å². The minimum Gasteiger partial charge on any atom is -0.489 e. The second kappa shape index (κ2) is 11.6. The van der Waals surface area contributed by atoms with Gasteiger partial charge in [-0.05, 0) is 68.6 Å². The number of carbonyl (C=O) groups excluding carboxylic acids is 1. The number of nitrogen functional groups attached to an aromatic ring is 1. The summed E-state index contributed by atoms with van der Waals surface area (Å²) in [6.45, 7) is 5.60. The van der Waals surface area contributed by atoms with Gasteiger partial charge in [0.25, 0.3) is 11.5 Å². The van der Waals surface area contributed by atoms with Crippen LogP contribution in [0, 0.1) is 0 Å². The van der Waals surface area contributed by atoms with Crippen molar-refractivity contribution in [2.24, 2.45) is 0 Å². The molecule has 3 N–H and O–H groups in total. The van der Waals surface area contributed by atoms with Gasteiger partial charge in [0.1, 0.15) is 5.75 Å². The molecular weight excluding hydrogens is 561 g/mol. The number of para-hydroxylation sites is 1. The smallest absolute Gasteiger partial charge is 0.274 e. The third-order valence-corrected chi connectivity index (χ3v) is 7.05. The number of nitrogens with one attached hydrogen (secondary N) is 1. The Morgan fingerprint density at radius 2 is 1.73 bits per heavy atom. The van der Waals surface area contributed by atoms with E-state index in [2.05, 4.69) is 15.3 Å². The fraction of sp³-hybridized carbons (Fsp3) is 0.161. The molecule has 10 heteroatoms. The molecule has 2 heterocycles. The van der Waals surface area contributed by atoms with Crippen molar-refractivity contribution in [2.45, 2.75) is 32.9 Å². The van der Waals surface area contributed by atoms with E-state index >= 15 is 0 Å². The van der Waals surface area contributed by atoms with Crippen molar-refractivity contribution in [1.29, 1.82) is 0 Å². The highest BCUT2D eigenvalue weighted by Gasteiger charge is 2.22. The molecule has 2 aromatic heterocycles. The van der Waals surface area contributed by atoms with Crippen LogP contribution >= 0.6 is 23.2 Å². The summed E-state index contributed by atoms with van der Waals surface area (Å²) in [5.74, 6) is -0.0368. The molecular formula is C31H27Cl2N5O3. The number of hydrogen-bond donors (Lipinski definition) is 2. The van der Waals surface area contributed by atoms with Gasteiger partial charge in [-0.15, -0.1) is 0 Å². The first-order chi connectivity index (χ1) is 19.6. The van der Waals surface area contributed by atoms with E-state index in [1.54, 1.807) is 41.8 Å². The van der Waals surface area contributed by atoms with Crippen molar-refractivity contribution in [3.05, 3.63) is 111 Å². The number of anilines is 1. The molecule has 3 aromatic carbocycles. The summed E-state index contributed by atoms with van der Waals surface area (Å²) in [6.07, 6.45) is 1.44. The molecule has 0 radical (unpaired) electrons. The number of aromatic nitrogens is 3. The first-order valence-electron chi connectivity index (χ1n) is 12.9. The predicted octanol–water partition coefficient (Wildman–Crippen LogP) is 6.61. The van der Waals surface area contributed by atoms with Crippen LogP contribution in [0.15, 0.2) is 83.8 Å².